The molecule has 0 spiro atoms. The number of sulfonamides is 1. The topological polar surface area (TPSA) is 89.9 Å². The number of rotatable bonds is 7. The quantitative estimate of drug-likeness (QED) is 0.607. The summed E-state index contributed by atoms with van der Waals surface area (Å²) >= 11 is 0. The van der Waals surface area contributed by atoms with Gasteiger partial charge in [0, 0.05) is 37.6 Å². The van der Waals surface area contributed by atoms with Crippen molar-refractivity contribution in [3.63, 3.8) is 0 Å². The zero-order valence-corrected chi connectivity index (χ0v) is 18.5. The third kappa shape index (κ3) is 3.86. The van der Waals surface area contributed by atoms with Gasteiger partial charge in [-0.05, 0) is 42.0 Å². The van der Waals surface area contributed by atoms with Gasteiger partial charge in [0.2, 0.25) is 16.8 Å². The summed E-state index contributed by atoms with van der Waals surface area (Å²) in [4.78, 5) is 13.0. The van der Waals surface area contributed by atoms with Crippen molar-refractivity contribution in [1.29, 1.82) is 0 Å². The minimum atomic E-state index is -3.57. The number of fused-ring (bicyclic) bond motifs is 2. The maximum Gasteiger partial charge on any atom is 0.268 e. The molecule has 0 fully saturated rings. The van der Waals surface area contributed by atoms with Gasteiger partial charge in [-0.15, -0.1) is 0 Å². The van der Waals surface area contributed by atoms with Crippen LogP contribution < -0.4 is 14.8 Å². The number of carbonyl (C=O) groups excluding carboxylic acids is 1. The minimum Gasteiger partial charge on any atom is -0.454 e. The first kappa shape index (κ1) is 21.2. The van der Waals surface area contributed by atoms with Gasteiger partial charge >= 0.3 is 0 Å². The fourth-order valence-corrected chi connectivity index (χ4v) is 5.24. The van der Waals surface area contributed by atoms with Crippen LogP contribution in [0.1, 0.15) is 29.9 Å². The second-order valence-electron chi connectivity index (χ2n) is 7.27. The van der Waals surface area contributed by atoms with E-state index in [1.165, 1.54) is 4.31 Å². The Labute approximate surface area is 181 Å². The maximum absolute atomic E-state index is 12.8. The van der Waals surface area contributed by atoms with Crippen molar-refractivity contribution in [1.82, 2.24) is 14.2 Å². The second-order valence-corrected chi connectivity index (χ2v) is 9.21. The largest absolute Gasteiger partial charge is 0.454 e. The number of carbonyl (C=O) groups is 1. The summed E-state index contributed by atoms with van der Waals surface area (Å²) in [6.45, 7) is 4.96. The van der Waals surface area contributed by atoms with Gasteiger partial charge in [0.1, 0.15) is 5.69 Å². The first-order chi connectivity index (χ1) is 14.8. The smallest absolute Gasteiger partial charge is 0.268 e. The predicted octanol–water partition coefficient (Wildman–Crippen LogP) is 2.87. The van der Waals surface area contributed by atoms with E-state index in [-0.39, 0.29) is 17.6 Å². The molecule has 1 aromatic heterocycles. The fraction of sp³-hybridized carbons (Fsp3) is 0.318. The van der Waals surface area contributed by atoms with Crippen molar-refractivity contribution in [2.24, 2.45) is 7.05 Å². The number of benzene rings is 2. The molecule has 3 aromatic rings. The highest BCUT2D eigenvalue weighted by atomic mass is 32.2. The van der Waals surface area contributed by atoms with Crippen LogP contribution in [0.4, 0.5) is 0 Å². The Morgan fingerprint density at radius 1 is 1.06 bits per heavy atom. The lowest BCUT2D eigenvalue weighted by atomic mass is 10.2. The van der Waals surface area contributed by atoms with Gasteiger partial charge in [0.05, 0.1) is 4.90 Å². The van der Waals surface area contributed by atoms with E-state index < -0.39 is 10.0 Å². The minimum absolute atomic E-state index is 0.201. The Kier molecular flexibility index (Phi) is 5.63. The fourth-order valence-electron chi connectivity index (χ4n) is 3.74. The lowest BCUT2D eigenvalue weighted by Gasteiger charge is -2.18. The van der Waals surface area contributed by atoms with Gasteiger partial charge in [-0.3, -0.25) is 4.79 Å². The molecule has 0 unspecified atom stereocenters. The van der Waals surface area contributed by atoms with E-state index in [9.17, 15) is 13.2 Å². The van der Waals surface area contributed by atoms with Crippen molar-refractivity contribution < 1.29 is 22.7 Å². The molecule has 1 N–H and O–H groups in total. The third-order valence-electron chi connectivity index (χ3n) is 5.48. The molecule has 2 heterocycles. The highest BCUT2D eigenvalue weighted by Gasteiger charge is 2.23. The predicted molar refractivity (Wildman–Crippen MR) is 117 cm³/mol. The van der Waals surface area contributed by atoms with Crippen molar-refractivity contribution in [2.45, 2.75) is 25.3 Å². The molecule has 0 bridgehead atoms. The van der Waals surface area contributed by atoms with E-state index in [0.717, 1.165) is 11.1 Å². The van der Waals surface area contributed by atoms with Crippen LogP contribution in [-0.4, -0.2) is 43.1 Å². The number of hydrogen-bond acceptors (Lipinski definition) is 5. The molecule has 164 valence electrons. The highest BCUT2D eigenvalue weighted by molar-refractivity contribution is 7.89. The van der Waals surface area contributed by atoms with Crippen LogP contribution >= 0.6 is 0 Å². The van der Waals surface area contributed by atoms with Crippen molar-refractivity contribution in [2.75, 3.05) is 19.9 Å². The lowest BCUT2D eigenvalue weighted by Crippen LogP contribution is -2.30. The Morgan fingerprint density at radius 2 is 1.81 bits per heavy atom. The summed E-state index contributed by atoms with van der Waals surface area (Å²) in [5.41, 5.74) is 2.13. The summed E-state index contributed by atoms with van der Waals surface area (Å²) in [5.74, 6) is 1.11. The van der Waals surface area contributed by atoms with Crippen LogP contribution in [-0.2, 0) is 23.6 Å². The average Bonchev–Trinajstić information content (AvgIpc) is 3.36. The average molecular weight is 444 g/mol. The summed E-state index contributed by atoms with van der Waals surface area (Å²) in [6.07, 6.45) is 0. The molecule has 0 aliphatic carbocycles. The summed E-state index contributed by atoms with van der Waals surface area (Å²) in [7, 11) is -1.78. The van der Waals surface area contributed by atoms with Crippen LogP contribution in [0.2, 0.25) is 0 Å². The standard InChI is InChI=1S/C22H25N3O5S/c1-4-25(5-2)31(27,28)17-7-8-18-16(11-17)12-19(24(18)3)22(26)23-13-15-6-9-20-21(10-15)30-14-29-20/h6-12H,4-5,13-14H2,1-3H3,(H,23,26). The van der Waals surface area contributed by atoms with Gasteiger partial charge in [-0.2, -0.15) is 4.31 Å². The number of nitrogens with zero attached hydrogens (tertiary/aromatic N) is 2. The van der Waals surface area contributed by atoms with Gasteiger partial charge in [0.25, 0.3) is 5.91 Å². The molecule has 0 atom stereocenters. The van der Waals surface area contributed by atoms with Crippen LogP contribution in [0.5, 0.6) is 11.5 Å². The normalized spacial score (nSPS) is 13.2. The zero-order valence-electron chi connectivity index (χ0n) is 17.7. The van der Waals surface area contributed by atoms with Gasteiger partial charge in [0.15, 0.2) is 11.5 Å². The molecule has 4 rings (SSSR count). The number of nitrogens with one attached hydrogen (secondary N) is 1. The SMILES string of the molecule is CCN(CC)S(=O)(=O)c1ccc2c(c1)cc(C(=O)NCc1ccc3c(c1)OCO3)n2C. The van der Waals surface area contributed by atoms with Crippen LogP contribution in [0.25, 0.3) is 10.9 Å². The molecule has 1 aliphatic rings. The molecule has 1 aliphatic heterocycles. The van der Waals surface area contributed by atoms with E-state index in [1.54, 1.807) is 35.9 Å². The summed E-state index contributed by atoms with van der Waals surface area (Å²) in [5, 5.41) is 3.61. The lowest BCUT2D eigenvalue weighted by molar-refractivity contribution is 0.0943. The second kappa shape index (κ2) is 8.24. The van der Waals surface area contributed by atoms with E-state index in [4.69, 9.17) is 9.47 Å². The number of aromatic nitrogens is 1. The molecule has 9 heteroatoms. The molecule has 0 saturated heterocycles. The molecule has 8 nitrogen and oxygen atoms in total. The van der Waals surface area contributed by atoms with Gasteiger partial charge in [-0.25, -0.2) is 8.42 Å². The number of amides is 1. The monoisotopic (exact) mass is 443 g/mol. The Balaban J connectivity index is 1.56. The van der Waals surface area contributed by atoms with Crippen molar-refractivity contribution in [3.05, 3.63) is 53.7 Å². The maximum atomic E-state index is 12.8. The molecule has 2 aromatic carbocycles. The van der Waals surface area contributed by atoms with Crippen LogP contribution in [0.15, 0.2) is 47.4 Å². The highest BCUT2D eigenvalue weighted by Crippen LogP contribution is 2.32. The third-order valence-corrected chi connectivity index (χ3v) is 7.53. The Bertz CT molecular complexity index is 1250. The van der Waals surface area contributed by atoms with Crippen molar-refractivity contribution >= 4 is 26.8 Å². The molecular formula is C22H25N3O5S. The number of hydrogen-bond donors (Lipinski definition) is 1. The van der Waals surface area contributed by atoms with E-state index in [0.29, 0.717) is 42.2 Å². The zero-order chi connectivity index (χ0) is 22.2. The van der Waals surface area contributed by atoms with E-state index >= 15 is 0 Å². The Morgan fingerprint density at radius 3 is 2.55 bits per heavy atom. The van der Waals surface area contributed by atoms with Crippen LogP contribution in [0, 0.1) is 0 Å². The van der Waals surface area contributed by atoms with E-state index in [1.807, 2.05) is 32.0 Å². The number of aryl methyl sites for hydroxylation is 1. The summed E-state index contributed by atoms with van der Waals surface area (Å²) in [6, 6.07) is 12.2. The summed E-state index contributed by atoms with van der Waals surface area (Å²) < 4.78 is 39.5. The first-order valence-electron chi connectivity index (χ1n) is 10.1. The molecule has 0 saturated carbocycles. The van der Waals surface area contributed by atoms with Gasteiger partial charge in [-0.1, -0.05) is 19.9 Å². The molecule has 31 heavy (non-hydrogen) atoms. The molecule has 1 amide bonds. The first-order valence-corrected chi connectivity index (χ1v) is 11.6. The molecular weight excluding hydrogens is 418 g/mol. The number of ether oxygens (including phenoxy) is 2. The van der Waals surface area contributed by atoms with E-state index in [2.05, 4.69) is 5.32 Å². The van der Waals surface area contributed by atoms with Gasteiger partial charge < -0.3 is 19.4 Å². The van der Waals surface area contributed by atoms with Crippen LogP contribution in [0.3, 0.4) is 0 Å². The van der Waals surface area contributed by atoms with Crippen molar-refractivity contribution in [3.8, 4) is 11.5 Å². The molecule has 0 radical (unpaired) electrons. The Hall–Kier alpha value is -3.04.